The van der Waals surface area contributed by atoms with Crippen LogP contribution in [0.1, 0.15) is 74.5 Å². The minimum absolute atomic E-state index is 0.00449. The number of carbonyl (C=O) groups is 4. The third-order valence-corrected chi connectivity index (χ3v) is 7.99. The molecule has 252 valence electrons. The molecule has 0 spiro atoms. The van der Waals surface area contributed by atoms with Gasteiger partial charge in [-0.2, -0.15) is 18.3 Å². The monoisotopic (exact) mass is 653 g/mol. The molecule has 4 rings (SSSR count). The SMILES string of the molecule is CC(C(=O)NCC(F)(F)F)c1cc(F)c(NC(=O)[C@@H](NC(=O)c2ccnn2C(C)C)C(C2CC2)C2CC2)cc1NC(=O)OCCN. The second-order valence-corrected chi connectivity index (χ2v) is 12.0. The topological polar surface area (TPSA) is 169 Å². The summed E-state index contributed by atoms with van der Waals surface area (Å²) in [6.45, 7) is 3.16. The van der Waals surface area contributed by atoms with Crippen molar-refractivity contribution < 1.29 is 41.5 Å². The van der Waals surface area contributed by atoms with Crippen LogP contribution in [0, 0.1) is 23.6 Å². The average molecular weight is 654 g/mol. The van der Waals surface area contributed by atoms with Crippen molar-refractivity contribution in [2.24, 2.45) is 23.5 Å². The summed E-state index contributed by atoms with van der Waals surface area (Å²) < 4.78 is 60.1. The molecule has 2 aliphatic carbocycles. The van der Waals surface area contributed by atoms with Gasteiger partial charge in [0, 0.05) is 18.8 Å². The summed E-state index contributed by atoms with van der Waals surface area (Å²) in [7, 11) is 0. The summed E-state index contributed by atoms with van der Waals surface area (Å²) in [5.74, 6) is -4.43. The molecule has 2 aliphatic rings. The van der Waals surface area contributed by atoms with Crippen molar-refractivity contribution in [2.45, 2.75) is 70.6 Å². The van der Waals surface area contributed by atoms with Gasteiger partial charge in [-0.1, -0.05) is 0 Å². The van der Waals surface area contributed by atoms with E-state index in [-0.39, 0.29) is 59.6 Å². The lowest BCUT2D eigenvalue weighted by Gasteiger charge is -2.28. The second-order valence-electron chi connectivity index (χ2n) is 12.0. The molecule has 6 N–H and O–H groups in total. The first-order chi connectivity index (χ1) is 21.7. The molecule has 12 nitrogen and oxygen atoms in total. The van der Waals surface area contributed by atoms with Gasteiger partial charge in [-0.25, -0.2) is 9.18 Å². The van der Waals surface area contributed by atoms with Gasteiger partial charge in [0.05, 0.1) is 17.3 Å². The van der Waals surface area contributed by atoms with Gasteiger partial charge in [-0.05, 0) is 88.0 Å². The van der Waals surface area contributed by atoms with Crippen LogP contribution in [0.3, 0.4) is 0 Å². The number of amides is 4. The molecular weight excluding hydrogens is 614 g/mol. The Balaban J connectivity index is 1.63. The Kier molecular flexibility index (Phi) is 10.9. The Bertz CT molecular complexity index is 1430. The Morgan fingerprint density at radius 3 is 2.24 bits per heavy atom. The Hall–Kier alpha value is -4.21. The number of nitrogens with one attached hydrogen (secondary N) is 4. The van der Waals surface area contributed by atoms with Crippen LogP contribution in [0.25, 0.3) is 0 Å². The number of hydrogen-bond acceptors (Lipinski definition) is 7. The van der Waals surface area contributed by atoms with Crippen LogP contribution < -0.4 is 27.0 Å². The van der Waals surface area contributed by atoms with Crippen LogP contribution in [-0.2, 0) is 14.3 Å². The van der Waals surface area contributed by atoms with Crippen molar-refractivity contribution >= 4 is 35.2 Å². The predicted molar refractivity (Wildman–Crippen MR) is 159 cm³/mol. The van der Waals surface area contributed by atoms with Gasteiger partial charge in [0.25, 0.3) is 5.91 Å². The lowest BCUT2D eigenvalue weighted by molar-refractivity contribution is -0.139. The van der Waals surface area contributed by atoms with Crippen LogP contribution >= 0.6 is 0 Å². The zero-order valence-corrected chi connectivity index (χ0v) is 25.7. The first kappa shape index (κ1) is 34.7. The minimum Gasteiger partial charge on any atom is -0.448 e. The van der Waals surface area contributed by atoms with Gasteiger partial charge < -0.3 is 26.4 Å². The molecule has 2 fully saturated rings. The number of aromatic nitrogens is 2. The highest BCUT2D eigenvalue weighted by Crippen LogP contribution is 2.51. The van der Waals surface area contributed by atoms with Crippen LogP contribution in [0.4, 0.5) is 33.7 Å². The van der Waals surface area contributed by atoms with Crippen LogP contribution in [0.5, 0.6) is 0 Å². The van der Waals surface area contributed by atoms with Gasteiger partial charge >= 0.3 is 12.3 Å². The van der Waals surface area contributed by atoms with Crippen LogP contribution in [0.2, 0.25) is 0 Å². The second kappa shape index (κ2) is 14.5. The lowest BCUT2D eigenvalue weighted by Crippen LogP contribution is -2.50. The van der Waals surface area contributed by atoms with E-state index in [1.165, 1.54) is 17.8 Å². The number of hydrogen-bond donors (Lipinski definition) is 5. The molecule has 16 heteroatoms. The van der Waals surface area contributed by atoms with E-state index in [9.17, 15) is 32.3 Å². The number of anilines is 2. The highest BCUT2D eigenvalue weighted by Gasteiger charge is 2.48. The third kappa shape index (κ3) is 8.95. The maximum Gasteiger partial charge on any atom is 0.411 e. The number of ether oxygens (including phenoxy) is 1. The normalized spacial score (nSPS) is 16.1. The largest absolute Gasteiger partial charge is 0.448 e. The zero-order valence-electron chi connectivity index (χ0n) is 25.7. The highest BCUT2D eigenvalue weighted by atomic mass is 19.4. The molecule has 2 atom stereocenters. The number of nitrogens with two attached hydrogens (primary N) is 1. The van der Waals surface area contributed by atoms with Gasteiger partial charge in [0.2, 0.25) is 11.8 Å². The van der Waals surface area contributed by atoms with Gasteiger partial charge in [0.1, 0.15) is 30.7 Å². The molecule has 1 heterocycles. The molecule has 0 bridgehead atoms. The summed E-state index contributed by atoms with van der Waals surface area (Å²) in [6.07, 6.45) is -0.656. The fourth-order valence-corrected chi connectivity index (χ4v) is 5.49. The van der Waals surface area contributed by atoms with E-state index >= 15 is 4.39 Å². The fourth-order valence-electron chi connectivity index (χ4n) is 5.49. The lowest BCUT2D eigenvalue weighted by atomic mass is 9.88. The van der Waals surface area contributed by atoms with E-state index < -0.39 is 54.3 Å². The molecular formula is C30H39F4N7O5. The maximum atomic E-state index is 15.6. The number of carbonyl (C=O) groups excluding carboxylic acids is 4. The van der Waals surface area contributed by atoms with Crippen LogP contribution in [-0.4, -0.2) is 65.5 Å². The summed E-state index contributed by atoms with van der Waals surface area (Å²) in [4.78, 5) is 52.2. The molecule has 1 aromatic heterocycles. The smallest absolute Gasteiger partial charge is 0.411 e. The van der Waals surface area contributed by atoms with E-state index in [1.807, 2.05) is 13.8 Å². The third-order valence-electron chi connectivity index (χ3n) is 7.99. The highest BCUT2D eigenvalue weighted by molar-refractivity contribution is 6.01. The predicted octanol–water partition coefficient (Wildman–Crippen LogP) is 4.07. The van der Waals surface area contributed by atoms with E-state index in [0.717, 1.165) is 37.8 Å². The standard InChI is InChI=1S/C30H39F4N7O5/c1-15(2)41-23(8-10-37-41)27(43)40-25(24(17-4-5-17)18-6-7-18)28(44)38-22-13-21(39-29(45)46-11-9-35)19(12-20(22)31)16(3)26(42)36-14-30(32,33)34/h8,10,12-13,15-18,24-25H,4-7,9,11,14,35H2,1-3H3,(H,36,42)(H,38,44)(H,39,45)(H,40,43)/t16?,25-/m0/s1. The van der Waals surface area contributed by atoms with Gasteiger partial charge in [-0.15, -0.1) is 0 Å². The summed E-state index contributed by atoms with van der Waals surface area (Å²) >= 11 is 0. The average Bonchev–Trinajstić information content (AvgIpc) is 3.94. The van der Waals surface area contributed by atoms with Crippen LogP contribution in [0.15, 0.2) is 24.4 Å². The molecule has 0 saturated heterocycles. The summed E-state index contributed by atoms with van der Waals surface area (Å²) in [5.41, 5.74) is 4.89. The zero-order chi connectivity index (χ0) is 33.8. The maximum absolute atomic E-state index is 15.6. The van der Waals surface area contributed by atoms with Crippen molar-refractivity contribution in [1.29, 1.82) is 0 Å². The first-order valence-electron chi connectivity index (χ1n) is 15.2. The molecule has 2 aromatic rings. The Morgan fingerprint density at radius 1 is 1.02 bits per heavy atom. The van der Waals surface area contributed by atoms with Crippen molar-refractivity contribution in [2.75, 3.05) is 30.3 Å². The number of nitrogens with zero attached hydrogens (tertiary/aromatic N) is 2. The molecule has 2 saturated carbocycles. The minimum atomic E-state index is -4.68. The quantitative estimate of drug-likeness (QED) is 0.192. The van der Waals surface area contributed by atoms with E-state index in [0.29, 0.717) is 0 Å². The fraction of sp³-hybridized carbons (Fsp3) is 0.567. The van der Waals surface area contributed by atoms with E-state index in [4.69, 9.17) is 10.5 Å². The Labute approximate surface area is 263 Å². The van der Waals surface area contributed by atoms with Crippen molar-refractivity contribution in [3.63, 3.8) is 0 Å². The van der Waals surface area contributed by atoms with E-state index in [1.54, 1.807) is 11.4 Å². The molecule has 0 aliphatic heterocycles. The van der Waals surface area contributed by atoms with Crippen molar-refractivity contribution in [1.82, 2.24) is 20.4 Å². The number of rotatable bonds is 14. The molecule has 4 amide bonds. The molecule has 46 heavy (non-hydrogen) atoms. The van der Waals surface area contributed by atoms with E-state index in [2.05, 4.69) is 21.0 Å². The molecule has 1 aromatic carbocycles. The van der Waals surface area contributed by atoms with Crippen molar-refractivity contribution in [3.05, 3.63) is 41.5 Å². The summed E-state index contributed by atoms with van der Waals surface area (Å²) in [6, 6.07) is 2.29. The van der Waals surface area contributed by atoms with Gasteiger partial charge in [-0.3, -0.25) is 24.4 Å². The first-order valence-corrected chi connectivity index (χ1v) is 15.2. The number of benzene rings is 1. The molecule has 1 unspecified atom stereocenters. The Morgan fingerprint density at radius 2 is 1.67 bits per heavy atom. The summed E-state index contributed by atoms with van der Waals surface area (Å²) in [5, 5.41) is 13.7. The van der Waals surface area contributed by atoms with Gasteiger partial charge in [0.15, 0.2) is 0 Å². The van der Waals surface area contributed by atoms with Crippen molar-refractivity contribution in [3.8, 4) is 0 Å². The number of alkyl halides is 3. The number of halogens is 4. The molecule has 0 radical (unpaired) electrons.